The Hall–Kier alpha value is -0.400. The quantitative estimate of drug-likeness (QED) is 0.299. The molecular formula is C13H22O10. The highest BCUT2D eigenvalue weighted by Crippen LogP contribution is 2.38. The van der Waals surface area contributed by atoms with E-state index >= 15 is 0 Å². The number of aliphatic hydroxyl groups excluding tert-OH is 6. The molecule has 23 heavy (non-hydrogen) atoms. The third-order valence-corrected chi connectivity index (χ3v) is 4.52. The Labute approximate surface area is 131 Å². The van der Waals surface area contributed by atoms with Gasteiger partial charge in [0.1, 0.15) is 36.6 Å². The second-order valence-electron chi connectivity index (χ2n) is 6.11. The second kappa shape index (κ2) is 6.48. The summed E-state index contributed by atoms with van der Waals surface area (Å²) in [4.78, 5) is 0. The first kappa shape index (κ1) is 17.4. The molecule has 6 N–H and O–H groups in total. The van der Waals surface area contributed by atoms with Gasteiger partial charge in [-0.2, -0.15) is 0 Å². The second-order valence-corrected chi connectivity index (χ2v) is 6.11. The molecule has 0 radical (unpaired) electrons. The van der Waals surface area contributed by atoms with Crippen molar-refractivity contribution in [3.05, 3.63) is 0 Å². The molecule has 3 heterocycles. The smallest absolute Gasteiger partial charge is 0.194 e. The predicted molar refractivity (Wildman–Crippen MR) is 69.9 cm³/mol. The van der Waals surface area contributed by atoms with E-state index in [4.69, 9.17) is 24.1 Å². The highest BCUT2D eigenvalue weighted by Gasteiger charge is 2.55. The number of rotatable bonds is 4. The van der Waals surface area contributed by atoms with Crippen LogP contribution in [0.5, 0.6) is 0 Å². The Balaban J connectivity index is 1.69. The van der Waals surface area contributed by atoms with Gasteiger partial charge < -0.3 is 49.6 Å². The number of hydrogen-bond acceptors (Lipinski definition) is 10. The lowest BCUT2D eigenvalue weighted by Gasteiger charge is -2.43. The monoisotopic (exact) mass is 338 g/mol. The molecule has 134 valence electrons. The summed E-state index contributed by atoms with van der Waals surface area (Å²) < 4.78 is 21.7. The van der Waals surface area contributed by atoms with Gasteiger partial charge in [0, 0.05) is 6.42 Å². The Kier molecular flexibility index (Phi) is 4.91. The van der Waals surface area contributed by atoms with Gasteiger partial charge in [-0.25, -0.2) is 0 Å². The van der Waals surface area contributed by atoms with E-state index in [0.29, 0.717) is 0 Å². The molecule has 0 aliphatic carbocycles. The van der Waals surface area contributed by atoms with Gasteiger partial charge in [0.15, 0.2) is 12.1 Å². The van der Waals surface area contributed by atoms with Crippen molar-refractivity contribution in [2.24, 2.45) is 0 Å². The number of fused-ring (bicyclic) bond motifs is 2. The summed E-state index contributed by atoms with van der Waals surface area (Å²) in [5.74, 6) is -1.25. The molecule has 10 heteroatoms. The molecule has 2 bridgehead atoms. The summed E-state index contributed by atoms with van der Waals surface area (Å²) in [7, 11) is 0. The molecule has 3 aliphatic rings. The van der Waals surface area contributed by atoms with Crippen LogP contribution in [-0.4, -0.2) is 105 Å². The summed E-state index contributed by atoms with van der Waals surface area (Å²) in [6, 6.07) is 0. The van der Waals surface area contributed by atoms with Crippen molar-refractivity contribution in [1.29, 1.82) is 0 Å². The fraction of sp³-hybridized carbons (Fsp3) is 1.00. The minimum atomic E-state index is -1.57. The molecule has 3 fully saturated rings. The Bertz CT molecular complexity index is 420. The Morgan fingerprint density at radius 3 is 2.43 bits per heavy atom. The van der Waals surface area contributed by atoms with E-state index in [1.165, 1.54) is 0 Å². The normalized spacial score (nSPS) is 53.5. The molecule has 3 saturated heterocycles. The SMILES string of the molecule is OCC1O[C@@H](O[C@H]2C(O)CC3(CO)OCC2O3)C(O)C(O)[C@@H]1O. The average Bonchev–Trinajstić information content (AvgIpc) is 2.91. The van der Waals surface area contributed by atoms with Crippen molar-refractivity contribution in [3.8, 4) is 0 Å². The lowest BCUT2D eigenvalue weighted by molar-refractivity contribution is -0.338. The highest BCUT2D eigenvalue weighted by molar-refractivity contribution is 4.97. The van der Waals surface area contributed by atoms with Crippen LogP contribution in [0.1, 0.15) is 6.42 Å². The van der Waals surface area contributed by atoms with Gasteiger partial charge in [0.05, 0.1) is 25.9 Å². The molecular weight excluding hydrogens is 316 g/mol. The summed E-state index contributed by atoms with van der Waals surface area (Å²) in [6.45, 7) is -0.901. The maximum atomic E-state index is 10.2. The first-order valence-corrected chi connectivity index (χ1v) is 7.47. The van der Waals surface area contributed by atoms with E-state index in [9.17, 15) is 25.5 Å². The molecule has 10 nitrogen and oxygen atoms in total. The van der Waals surface area contributed by atoms with Crippen LogP contribution in [0.25, 0.3) is 0 Å². The van der Waals surface area contributed by atoms with Gasteiger partial charge in [-0.15, -0.1) is 0 Å². The van der Waals surface area contributed by atoms with Crippen molar-refractivity contribution in [2.75, 3.05) is 19.8 Å². The molecule has 0 aromatic rings. The summed E-state index contributed by atoms with van der Waals surface area (Å²) in [6.07, 6.45) is -9.75. The molecule has 3 rings (SSSR count). The third kappa shape index (κ3) is 3.00. The minimum Gasteiger partial charge on any atom is -0.394 e. The number of ether oxygens (including phenoxy) is 4. The molecule has 0 aromatic heterocycles. The molecule has 9 atom stereocenters. The molecule has 0 amide bonds. The van der Waals surface area contributed by atoms with E-state index in [1.54, 1.807) is 0 Å². The van der Waals surface area contributed by atoms with Gasteiger partial charge in [0.2, 0.25) is 0 Å². The van der Waals surface area contributed by atoms with Crippen molar-refractivity contribution in [2.45, 2.75) is 61.2 Å². The van der Waals surface area contributed by atoms with Crippen LogP contribution in [-0.2, 0) is 18.9 Å². The fourth-order valence-corrected chi connectivity index (χ4v) is 3.19. The van der Waals surface area contributed by atoms with Crippen molar-refractivity contribution in [3.63, 3.8) is 0 Å². The van der Waals surface area contributed by atoms with Crippen LogP contribution in [0.2, 0.25) is 0 Å². The van der Waals surface area contributed by atoms with E-state index in [-0.39, 0.29) is 13.0 Å². The maximum absolute atomic E-state index is 10.2. The van der Waals surface area contributed by atoms with Gasteiger partial charge in [-0.1, -0.05) is 0 Å². The average molecular weight is 338 g/mol. The van der Waals surface area contributed by atoms with Crippen molar-refractivity contribution < 1.29 is 49.6 Å². The molecule has 6 unspecified atom stereocenters. The van der Waals surface area contributed by atoms with Crippen molar-refractivity contribution >= 4 is 0 Å². The zero-order chi connectivity index (χ0) is 16.8. The van der Waals surface area contributed by atoms with Crippen LogP contribution >= 0.6 is 0 Å². The van der Waals surface area contributed by atoms with E-state index in [2.05, 4.69) is 0 Å². The van der Waals surface area contributed by atoms with Gasteiger partial charge in [-0.3, -0.25) is 0 Å². The van der Waals surface area contributed by atoms with E-state index < -0.39 is 68.0 Å². The zero-order valence-electron chi connectivity index (χ0n) is 12.3. The van der Waals surface area contributed by atoms with Crippen LogP contribution in [0.4, 0.5) is 0 Å². The lowest BCUT2D eigenvalue weighted by atomic mass is 9.96. The first-order valence-electron chi connectivity index (χ1n) is 7.47. The van der Waals surface area contributed by atoms with Crippen molar-refractivity contribution in [1.82, 2.24) is 0 Å². The van der Waals surface area contributed by atoms with Crippen LogP contribution in [0.15, 0.2) is 0 Å². The third-order valence-electron chi connectivity index (χ3n) is 4.52. The topological polar surface area (TPSA) is 158 Å². The van der Waals surface area contributed by atoms with Gasteiger partial charge in [0.25, 0.3) is 0 Å². The zero-order valence-corrected chi connectivity index (χ0v) is 12.3. The Morgan fingerprint density at radius 2 is 1.78 bits per heavy atom. The largest absolute Gasteiger partial charge is 0.394 e. The van der Waals surface area contributed by atoms with Gasteiger partial charge in [-0.05, 0) is 0 Å². The first-order chi connectivity index (χ1) is 10.9. The highest BCUT2D eigenvalue weighted by atomic mass is 16.8. The number of aliphatic hydroxyl groups is 6. The van der Waals surface area contributed by atoms with E-state index in [1.807, 2.05) is 0 Å². The summed E-state index contributed by atoms with van der Waals surface area (Å²) >= 11 is 0. The maximum Gasteiger partial charge on any atom is 0.194 e. The van der Waals surface area contributed by atoms with Gasteiger partial charge >= 0.3 is 0 Å². The van der Waals surface area contributed by atoms with Crippen LogP contribution < -0.4 is 0 Å². The minimum absolute atomic E-state index is 0.0257. The molecule has 3 aliphatic heterocycles. The van der Waals surface area contributed by atoms with Crippen LogP contribution in [0, 0.1) is 0 Å². The summed E-state index contributed by atoms with van der Waals surface area (Å²) in [5.41, 5.74) is 0. The molecule has 0 aromatic carbocycles. The Morgan fingerprint density at radius 1 is 1.04 bits per heavy atom. The standard InChI is InChI=1S/C13H22O10/c14-2-6-8(17)9(18)10(19)12(21-6)22-11-5(16)1-13(4-15)20-3-7(11)23-13/h5-12,14-19H,1-4H2/t5?,6?,7?,8-,9?,10?,11+,12+,13?/m1/s1. The number of hydrogen-bond donors (Lipinski definition) is 6. The summed E-state index contributed by atoms with van der Waals surface area (Å²) in [5, 5.41) is 58.1. The van der Waals surface area contributed by atoms with E-state index in [0.717, 1.165) is 0 Å². The van der Waals surface area contributed by atoms with Crippen LogP contribution in [0.3, 0.4) is 0 Å². The molecule has 0 spiro atoms. The molecule has 0 saturated carbocycles. The lowest BCUT2D eigenvalue weighted by Crippen LogP contribution is -2.62. The fourth-order valence-electron chi connectivity index (χ4n) is 3.19. The predicted octanol–water partition coefficient (Wildman–Crippen LogP) is -3.96.